The van der Waals surface area contributed by atoms with Crippen LogP contribution in [-0.4, -0.2) is 11.2 Å². The summed E-state index contributed by atoms with van der Waals surface area (Å²) in [5.74, 6) is 0.513. The van der Waals surface area contributed by atoms with Gasteiger partial charge in [0.25, 0.3) is 5.69 Å². The molecule has 0 amide bonds. The van der Waals surface area contributed by atoms with Crippen molar-refractivity contribution in [3.63, 3.8) is 0 Å². The second kappa shape index (κ2) is 6.43. The fourth-order valence-corrected chi connectivity index (χ4v) is 2.40. The monoisotopic (exact) mass is 389 g/mol. The third kappa shape index (κ3) is 3.53. The van der Waals surface area contributed by atoms with Crippen molar-refractivity contribution >= 4 is 51.1 Å². The normalized spacial score (nSPS) is 10.2. The fraction of sp³-hybridized carbons (Fsp3) is 0. The molecule has 0 bridgehead atoms. The molecule has 5 nitrogen and oxygen atoms in total. The van der Waals surface area contributed by atoms with Crippen molar-refractivity contribution in [2.24, 2.45) is 0 Å². The van der Waals surface area contributed by atoms with Crippen LogP contribution in [-0.2, 0) is 0 Å². The van der Waals surface area contributed by atoms with Crippen LogP contribution in [0.2, 0.25) is 10.0 Å². The van der Waals surface area contributed by atoms with Gasteiger partial charge in [0.15, 0.2) is 6.29 Å². The average Bonchev–Trinajstić information content (AvgIpc) is 2.44. The zero-order valence-corrected chi connectivity index (χ0v) is 13.3. The van der Waals surface area contributed by atoms with Crippen LogP contribution < -0.4 is 4.74 Å². The van der Waals surface area contributed by atoms with E-state index in [2.05, 4.69) is 15.9 Å². The highest BCUT2D eigenvalue weighted by Crippen LogP contribution is 2.37. The molecule has 0 N–H and O–H groups in total. The van der Waals surface area contributed by atoms with Gasteiger partial charge in [0, 0.05) is 16.6 Å². The van der Waals surface area contributed by atoms with Crippen LogP contribution in [0, 0.1) is 10.1 Å². The standard InChI is InChI=1S/C13H6BrCl2NO4/c14-9-4-11(16)13(5-10(9)15)21-8-1-2-12(17(19)20)7(3-8)6-18/h1-6H. The van der Waals surface area contributed by atoms with E-state index in [9.17, 15) is 14.9 Å². The smallest absolute Gasteiger partial charge is 0.280 e. The lowest BCUT2D eigenvalue weighted by Gasteiger charge is -2.09. The summed E-state index contributed by atoms with van der Waals surface area (Å²) in [7, 11) is 0. The van der Waals surface area contributed by atoms with Gasteiger partial charge in [0.2, 0.25) is 0 Å². The Bertz CT molecular complexity index is 736. The van der Waals surface area contributed by atoms with Crippen molar-refractivity contribution in [3.05, 3.63) is 60.5 Å². The van der Waals surface area contributed by atoms with E-state index in [1.54, 1.807) is 6.07 Å². The molecule has 0 saturated heterocycles. The Hall–Kier alpha value is -1.63. The quantitative estimate of drug-likeness (QED) is 0.308. The molecule has 0 spiro atoms. The number of carbonyl (C=O) groups is 1. The zero-order valence-electron chi connectivity index (χ0n) is 10.2. The Labute approximate surface area is 137 Å². The molecule has 0 fully saturated rings. The molecular weight excluding hydrogens is 385 g/mol. The minimum atomic E-state index is -0.642. The van der Waals surface area contributed by atoms with Gasteiger partial charge < -0.3 is 4.74 Å². The number of hydrogen-bond donors (Lipinski definition) is 0. The van der Waals surface area contributed by atoms with E-state index in [0.29, 0.717) is 20.8 Å². The van der Waals surface area contributed by atoms with Gasteiger partial charge in [0.05, 0.1) is 20.5 Å². The number of nitro groups is 1. The highest BCUT2D eigenvalue weighted by Gasteiger charge is 2.15. The van der Waals surface area contributed by atoms with Gasteiger partial charge in [-0.15, -0.1) is 0 Å². The van der Waals surface area contributed by atoms with Gasteiger partial charge >= 0.3 is 0 Å². The van der Waals surface area contributed by atoms with Crippen molar-refractivity contribution < 1.29 is 14.5 Å². The van der Waals surface area contributed by atoms with E-state index in [4.69, 9.17) is 27.9 Å². The van der Waals surface area contributed by atoms with Gasteiger partial charge in [-0.05, 0) is 34.1 Å². The van der Waals surface area contributed by atoms with Crippen molar-refractivity contribution in [2.75, 3.05) is 0 Å². The summed E-state index contributed by atoms with van der Waals surface area (Å²) >= 11 is 15.2. The molecule has 8 heteroatoms. The first kappa shape index (κ1) is 15.8. The summed E-state index contributed by atoms with van der Waals surface area (Å²) < 4.78 is 6.11. The Balaban J connectivity index is 2.38. The topological polar surface area (TPSA) is 69.4 Å². The lowest BCUT2D eigenvalue weighted by molar-refractivity contribution is -0.385. The molecule has 0 aliphatic carbocycles. The Morgan fingerprint density at radius 3 is 2.52 bits per heavy atom. The minimum absolute atomic E-state index is 0.0863. The van der Waals surface area contributed by atoms with Crippen LogP contribution in [0.25, 0.3) is 0 Å². The molecule has 21 heavy (non-hydrogen) atoms. The number of halogens is 3. The molecule has 0 heterocycles. The molecule has 0 aliphatic rings. The average molecular weight is 391 g/mol. The van der Waals surface area contributed by atoms with Crippen LogP contribution in [0.1, 0.15) is 10.4 Å². The third-order valence-electron chi connectivity index (χ3n) is 2.53. The lowest BCUT2D eigenvalue weighted by Crippen LogP contribution is -1.95. The third-order valence-corrected chi connectivity index (χ3v) is 4.02. The molecule has 0 atom stereocenters. The summed E-state index contributed by atoms with van der Waals surface area (Å²) in [4.78, 5) is 21.0. The number of aldehydes is 1. The van der Waals surface area contributed by atoms with E-state index in [1.165, 1.54) is 24.3 Å². The van der Waals surface area contributed by atoms with Crippen LogP contribution in [0.3, 0.4) is 0 Å². The molecule has 108 valence electrons. The zero-order chi connectivity index (χ0) is 15.6. The maximum atomic E-state index is 10.9. The molecule has 0 aliphatic heterocycles. The van der Waals surface area contributed by atoms with E-state index >= 15 is 0 Å². The van der Waals surface area contributed by atoms with Crippen LogP contribution in [0.4, 0.5) is 5.69 Å². The van der Waals surface area contributed by atoms with Crippen LogP contribution in [0.15, 0.2) is 34.8 Å². The number of ether oxygens (including phenoxy) is 1. The second-order valence-electron chi connectivity index (χ2n) is 3.89. The Kier molecular flexibility index (Phi) is 4.82. The summed E-state index contributed by atoms with van der Waals surface area (Å²) in [6, 6.07) is 6.88. The van der Waals surface area contributed by atoms with E-state index in [1.807, 2.05) is 0 Å². The molecule has 0 unspecified atom stereocenters. The second-order valence-corrected chi connectivity index (χ2v) is 5.56. The summed E-state index contributed by atoms with van der Waals surface area (Å²) in [6.07, 6.45) is 0.390. The number of nitro benzene ring substituents is 1. The van der Waals surface area contributed by atoms with Gasteiger partial charge in [-0.2, -0.15) is 0 Å². The van der Waals surface area contributed by atoms with Gasteiger partial charge in [0.1, 0.15) is 11.5 Å². The number of rotatable bonds is 4. The maximum Gasteiger partial charge on any atom is 0.280 e. The largest absolute Gasteiger partial charge is 0.456 e. The molecule has 0 saturated carbocycles. The predicted octanol–water partition coefficient (Wildman–Crippen LogP) is 5.27. The molecule has 2 aromatic carbocycles. The first-order valence-electron chi connectivity index (χ1n) is 5.48. The number of hydrogen-bond acceptors (Lipinski definition) is 4. The fourth-order valence-electron chi connectivity index (χ4n) is 1.57. The summed E-state index contributed by atoms with van der Waals surface area (Å²) in [5.41, 5.74) is -0.380. The summed E-state index contributed by atoms with van der Waals surface area (Å²) in [5, 5.41) is 11.4. The van der Waals surface area contributed by atoms with Gasteiger partial charge in [-0.1, -0.05) is 23.2 Å². The predicted molar refractivity (Wildman–Crippen MR) is 82.7 cm³/mol. The van der Waals surface area contributed by atoms with Crippen molar-refractivity contribution in [1.29, 1.82) is 0 Å². The number of carbonyl (C=O) groups excluding carboxylic acids is 1. The van der Waals surface area contributed by atoms with Crippen molar-refractivity contribution in [3.8, 4) is 11.5 Å². The molecule has 0 aromatic heterocycles. The maximum absolute atomic E-state index is 10.9. The number of nitrogens with zero attached hydrogens (tertiary/aromatic N) is 1. The van der Waals surface area contributed by atoms with Crippen LogP contribution >= 0.6 is 39.1 Å². The SMILES string of the molecule is O=Cc1cc(Oc2cc(Cl)c(Br)cc2Cl)ccc1[N+](=O)[O-]. The Morgan fingerprint density at radius 1 is 1.19 bits per heavy atom. The molecule has 2 aromatic rings. The van der Waals surface area contributed by atoms with E-state index in [-0.39, 0.29) is 22.7 Å². The van der Waals surface area contributed by atoms with Crippen molar-refractivity contribution in [1.82, 2.24) is 0 Å². The molecular formula is C13H6BrCl2NO4. The lowest BCUT2D eigenvalue weighted by atomic mass is 10.2. The minimum Gasteiger partial charge on any atom is -0.456 e. The van der Waals surface area contributed by atoms with Crippen LogP contribution in [0.5, 0.6) is 11.5 Å². The van der Waals surface area contributed by atoms with Gasteiger partial charge in [-0.25, -0.2) is 0 Å². The Morgan fingerprint density at radius 2 is 1.90 bits per heavy atom. The first-order chi connectivity index (χ1) is 9.92. The van der Waals surface area contributed by atoms with E-state index < -0.39 is 4.92 Å². The molecule has 2 rings (SSSR count). The first-order valence-corrected chi connectivity index (χ1v) is 7.03. The highest BCUT2D eigenvalue weighted by molar-refractivity contribution is 9.10. The molecule has 0 radical (unpaired) electrons. The highest BCUT2D eigenvalue weighted by atomic mass is 79.9. The van der Waals surface area contributed by atoms with Crippen molar-refractivity contribution in [2.45, 2.75) is 0 Å². The number of benzene rings is 2. The van der Waals surface area contributed by atoms with Gasteiger partial charge in [-0.3, -0.25) is 14.9 Å². The van der Waals surface area contributed by atoms with E-state index in [0.717, 1.165) is 0 Å². The summed E-state index contributed by atoms with van der Waals surface area (Å²) in [6.45, 7) is 0.